The standard InChI is InChI=1S/C15H22/c1-11-7-8-13-12(2)6-5-9-15(3,4)14(13)10-11/h5,9-10,14H,6-8H2,1-4H3/t14-/m0/s1. The van der Waals surface area contributed by atoms with Crippen molar-refractivity contribution in [3.8, 4) is 0 Å². The van der Waals surface area contributed by atoms with Gasteiger partial charge in [-0.1, -0.05) is 48.8 Å². The van der Waals surface area contributed by atoms with Crippen LogP contribution in [0.4, 0.5) is 0 Å². The van der Waals surface area contributed by atoms with E-state index in [2.05, 4.69) is 45.9 Å². The minimum Gasteiger partial charge on any atom is -0.0839 e. The second kappa shape index (κ2) is 3.66. The van der Waals surface area contributed by atoms with Gasteiger partial charge in [0.15, 0.2) is 0 Å². The monoisotopic (exact) mass is 202 g/mol. The lowest BCUT2D eigenvalue weighted by Crippen LogP contribution is -2.24. The van der Waals surface area contributed by atoms with Crippen LogP contribution in [0.15, 0.2) is 34.9 Å². The van der Waals surface area contributed by atoms with Crippen molar-refractivity contribution < 1.29 is 0 Å². The maximum Gasteiger partial charge on any atom is 0.00679 e. The molecule has 0 N–H and O–H groups in total. The van der Waals surface area contributed by atoms with Gasteiger partial charge >= 0.3 is 0 Å². The molecule has 0 radical (unpaired) electrons. The van der Waals surface area contributed by atoms with E-state index in [-0.39, 0.29) is 0 Å². The van der Waals surface area contributed by atoms with E-state index >= 15 is 0 Å². The highest BCUT2D eigenvalue weighted by atomic mass is 14.4. The lowest BCUT2D eigenvalue weighted by Gasteiger charge is -2.35. The summed E-state index contributed by atoms with van der Waals surface area (Å²) in [5.74, 6) is 0.644. The fourth-order valence-corrected chi connectivity index (χ4v) is 2.87. The van der Waals surface area contributed by atoms with Gasteiger partial charge in [-0.05, 0) is 38.5 Å². The fourth-order valence-electron chi connectivity index (χ4n) is 2.87. The summed E-state index contributed by atoms with van der Waals surface area (Å²) in [6, 6.07) is 0. The average molecular weight is 202 g/mol. The number of hydrogen-bond donors (Lipinski definition) is 0. The van der Waals surface area contributed by atoms with E-state index < -0.39 is 0 Å². The van der Waals surface area contributed by atoms with E-state index in [9.17, 15) is 0 Å². The van der Waals surface area contributed by atoms with E-state index in [0.29, 0.717) is 11.3 Å². The molecule has 0 nitrogen and oxygen atoms in total. The van der Waals surface area contributed by atoms with Crippen molar-refractivity contribution in [2.45, 2.75) is 47.0 Å². The highest BCUT2D eigenvalue weighted by molar-refractivity contribution is 5.33. The average Bonchev–Trinajstić information content (AvgIpc) is 2.26. The highest BCUT2D eigenvalue weighted by Gasteiger charge is 2.32. The van der Waals surface area contributed by atoms with Gasteiger partial charge in [-0.2, -0.15) is 0 Å². The van der Waals surface area contributed by atoms with Gasteiger partial charge in [0, 0.05) is 5.92 Å². The molecule has 2 aliphatic carbocycles. The van der Waals surface area contributed by atoms with Crippen LogP contribution in [0.1, 0.15) is 47.0 Å². The first-order valence-corrected chi connectivity index (χ1v) is 6.04. The molecule has 0 aromatic rings. The zero-order valence-corrected chi connectivity index (χ0v) is 10.4. The lowest BCUT2D eigenvalue weighted by atomic mass is 9.70. The molecule has 0 heterocycles. The van der Waals surface area contributed by atoms with Crippen LogP contribution in [0.5, 0.6) is 0 Å². The Morgan fingerprint density at radius 1 is 1.20 bits per heavy atom. The Morgan fingerprint density at radius 2 is 1.93 bits per heavy atom. The fraction of sp³-hybridized carbons (Fsp3) is 0.600. The minimum atomic E-state index is 0.300. The Balaban J connectivity index is 2.48. The Kier molecular flexibility index (Phi) is 2.62. The van der Waals surface area contributed by atoms with Crippen LogP contribution in [0, 0.1) is 11.3 Å². The smallest absolute Gasteiger partial charge is 0.00679 e. The molecule has 0 aromatic carbocycles. The van der Waals surface area contributed by atoms with Crippen LogP contribution in [0.25, 0.3) is 0 Å². The topological polar surface area (TPSA) is 0 Å². The molecule has 0 aliphatic heterocycles. The summed E-state index contributed by atoms with van der Waals surface area (Å²) in [6.45, 7) is 9.31. The van der Waals surface area contributed by atoms with Crippen LogP contribution in [-0.2, 0) is 0 Å². The van der Waals surface area contributed by atoms with Crippen molar-refractivity contribution in [2.24, 2.45) is 11.3 Å². The Morgan fingerprint density at radius 3 is 2.67 bits per heavy atom. The van der Waals surface area contributed by atoms with E-state index in [4.69, 9.17) is 0 Å². The second-order valence-corrected chi connectivity index (χ2v) is 5.72. The summed E-state index contributed by atoms with van der Waals surface area (Å²) in [5, 5.41) is 0. The number of hydrogen-bond acceptors (Lipinski definition) is 0. The van der Waals surface area contributed by atoms with Crippen LogP contribution in [-0.4, -0.2) is 0 Å². The SMILES string of the molecule is CC1=C[C@H]2C(=C(C)CC=CC2(C)C)CC1. The third kappa shape index (κ3) is 1.95. The molecule has 1 atom stereocenters. The van der Waals surface area contributed by atoms with Gasteiger partial charge in [0.1, 0.15) is 0 Å². The zero-order valence-electron chi connectivity index (χ0n) is 10.4. The molecule has 0 saturated carbocycles. The summed E-state index contributed by atoms with van der Waals surface area (Å²) < 4.78 is 0. The highest BCUT2D eigenvalue weighted by Crippen LogP contribution is 2.44. The van der Waals surface area contributed by atoms with Gasteiger partial charge in [-0.3, -0.25) is 0 Å². The molecular weight excluding hydrogens is 180 g/mol. The van der Waals surface area contributed by atoms with Crippen molar-refractivity contribution in [1.82, 2.24) is 0 Å². The molecular formula is C15H22. The van der Waals surface area contributed by atoms with E-state index in [1.807, 2.05) is 0 Å². The molecule has 0 spiro atoms. The van der Waals surface area contributed by atoms with E-state index in [0.717, 1.165) is 6.42 Å². The summed E-state index contributed by atoms with van der Waals surface area (Å²) in [7, 11) is 0. The zero-order chi connectivity index (χ0) is 11.1. The molecule has 15 heavy (non-hydrogen) atoms. The van der Waals surface area contributed by atoms with Crippen LogP contribution in [0.3, 0.4) is 0 Å². The number of allylic oxidation sites excluding steroid dienone is 6. The first kappa shape index (κ1) is 10.7. The molecule has 0 saturated heterocycles. The Labute approximate surface area is 93.8 Å². The first-order valence-electron chi connectivity index (χ1n) is 6.04. The van der Waals surface area contributed by atoms with Crippen LogP contribution >= 0.6 is 0 Å². The molecule has 0 unspecified atom stereocenters. The van der Waals surface area contributed by atoms with Crippen LogP contribution in [0.2, 0.25) is 0 Å². The molecule has 0 amide bonds. The first-order chi connectivity index (χ1) is 7.00. The quantitative estimate of drug-likeness (QED) is 0.502. The molecule has 82 valence electrons. The van der Waals surface area contributed by atoms with Gasteiger partial charge in [-0.15, -0.1) is 0 Å². The van der Waals surface area contributed by atoms with Gasteiger partial charge in [0.2, 0.25) is 0 Å². The van der Waals surface area contributed by atoms with E-state index in [1.54, 1.807) is 16.7 Å². The Bertz CT molecular complexity index is 350. The second-order valence-electron chi connectivity index (χ2n) is 5.72. The third-order valence-corrected chi connectivity index (χ3v) is 3.94. The molecule has 2 rings (SSSR count). The van der Waals surface area contributed by atoms with Crippen LogP contribution < -0.4 is 0 Å². The van der Waals surface area contributed by atoms with Crippen molar-refractivity contribution in [3.63, 3.8) is 0 Å². The van der Waals surface area contributed by atoms with Crippen molar-refractivity contribution in [2.75, 3.05) is 0 Å². The normalized spacial score (nSPS) is 29.6. The molecule has 2 aliphatic rings. The lowest BCUT2D eigenvalue weighted by molar-refractivity contribution is 0.369. The third-order valence-electron chi connectivity index (χ3n) is 3.94. The summed E-state index contributed by atoms with van der Waals surface area (Å²) >= 11 is 0. The minimum absolute atomic E-state index is 0.300. The molecule has 0 aromatic heterocycles. The van der Waals surface area contributed by atoms with Gasteiger partial charge in [0.25, 0.3) is 0 Å². The van der Waals surface area contributed by atoms with Gasteiger partial charge < -0.3 is 0 Å². The summed E-state index contributed by atoms with van der Waals surface area (Å²) in [6.07, 6.45) is 11.0. The summed E-state index contributed by atoms with van der Waals surface area (Å²) in [4.78, 5) is 0. The molecule has 0 heteroatoms. The predicted octanol–water partition coefficient (Wildman–Crippen LogP) is 4.65. The van der Waals surface area contributed by atoms with Gasteiger partial charge in [-0.25, -0.2) is 0 Å². The summed E-state index contributed by atoms with van der Waals surface area (Å²) in [5.41, 5.74) is 5.18. The van der Waals surface area contributed by atoms with Crippen molar-refractivity contribution >= 4 is 0 Å². The van der Waals surface area contributed by atoms with Crippen molar-refractivity contribution in [1.29, 1.82) is 0 Å². The number of rotatable bonds is 0. The molecule has 0 bridgehead atoms. The molecule has 0 fully saturated rings. The number of fused-ring (bicyclic) bond motifs is 1. The maximum atomic E-state index is 2.50. The largest absolute Gasteiger partial charge is 0.0839 e. The maximum absolute atomic E-state index is 2.50. The van der Waals surface area contributed by atoms with E-state index in [1.165, 1.54) is 12.8 Å². The predicted molar refractivity (Wildman–Crippen MR) is 66.7 cm³/mol. The Hall–Kier alpha value is -0.780. The van der Waals surface area contributed by atoms with Crippen molar-refractivity contribution in [3.05, 3.63) is 34.9 Å². The van der Waals surface area contributed by atoms with Gasteiger partial charge in [0.05, 0.1) is 0 Å².